The number of amides is 2. The topological polar surface area (TPSA) is 79.5 Å². The molecule has 0 aliphatic rings. The van der Waals surface area contributed by atoms with Gasteiger partial charge in [-0.25, -0.2) is 0 Å². The van der Waals surface area contributed by atoms with Crippen LogP contribution in [0.5, 0.6) is 5.75 Å². The minimum Gasteiger partial charge on any atom is -0.497 e. The van der Waals surface area contributed by atoms with Crippen molar-refractivity contribution in [2.45, 2.75) is 13.5 Å². The van der Waals surface area contributed by atoms with Crippen LogP contribution in [-0.4, -0.2) is 25.5 Å². The van der Waals surface area contributed by atoms with Crippen molar-refractivity contribution >= 4 is 23.2 Å². The van der Waals surface area contributed by atoms with Crippen molar-refractivity contribution in [1.82, 2.24) is 5.32 Å². The summed E-state index contributed by atoms with van der Waals surface area (Å²) in [6.45, 7) is 2.25. The summed E-state index contributed by atoms with van der Waals surface area (Å²) in [7, 11) is 1.63. The number of nitrogens with one attached hydrogen (secondary N) is 3. The van der Waals surface area contributed by atoms with E-state index in [0.29, 0.717) is 17.9 Å². The molecule has 0 aromatic heterocycles. The highest BCUT2D eigenvalue weighted by Gasteiger charge is 2.03. The van der Waals surface area contributed by atoms with Gasteiger partial charge in [-0.1, -0.05) is 12.1 Å². The number of ether oxygens (including phenoxy) is 1. The molecule has 2 aromatic rings. The highest BCUT2D eigenvalue weighted by Crippen LogP contribution is 2.13. The van der Waals surface area contributed by atoms with E-state index in [9.17, 15) is 9.59 Å². The van der Waals surface area contributed by atoms with Gasteiger partial charge < -0.3 is 20.7 Å². The highest BCUT2D eigenvalue weighted by atomic mass is 16.5. The maximum atomic E-state index is 11.9. The monoisotopic (exact) mass is 327 g/mol. The molecule has 0 atom stereocenters. The third kappa shape index (κ3) is 5.73. The maximum Gasteiger partial charge on any atom is 0.238 e. The normalized spacial score (nSPS) is 10.1. The molecule has 0 heterocycles. The van der Waals surface area contributed by atoms with Crippen LogP contribution in [-0.2, 0) is 16.1 Å². The van der Waals surface area contributed by atoms with E-state index >= 15 is 0 Å². The van der Waals surface area contributed by atoms with Crippen molar-refractivity contribution in [2.75, 3.05) is 24.3 Å². The van der Waals surface area contributed by atoms with Crippen LogP contribution >= 0.6 is 0 Å². The summed E-state index contributed by atoms with van der Waals surface area (Å²) < 4.78 is 5.10. The maximum absolute atomic E-state index is 11.9. The first-order chi connectivity index (χ1) is 11.6. The number of anilines is 2. The zero-order valence-electron chi connectivity index (χ0n) is 13.8. The molecule has 0 spiro atoms. The molecular weight excluding hydrogens is 306 g/mol. The zero-order valence-corrected chi connectivity index (χ0v) is 13.8. The Morgan fingerprint density at radius 1 is 0.917 bits per heavy atom. The van der Waals surface area contributed by atoms with Crippen molar-refractivity contribution in [2.24, 2.45) is 0 Å². The van der Waals surface area contributed by atoms with Crippen molar-refractivity contribution in [1.29, 1.82) is 0 Å². The molecule has 0 bridgehead atoms. The SMILES string of the molecule is COc1ccc(CNCC(=O)Nc2ccc(NC(C)=O)cc2)cc1. The van der Waals surface area contributed by atoms with Gasteiger partial charge in [0.1, 0.15) is 5.75 Å². The molecule has 0 saturated heterocycles. The van der Waals surface area contributed by atoms with Gasteiger partial charge in [-0.15, -0.1) is 0 Å². The Balaban J connectivity index is 1.75. The third-order valence-electron chi connectivity index (χ3n) is 3.26. The van der Waals surface area contributed by atoms with E-state index in [1.807, 2.05) is 24.3 Å². The van der Waals surface area contributed by atoms with Gasteiger partial charge in [0.05, 0.1) is 13.7 Å². The van der Waals surface area contributed by atoms with E-state index in [1.54, 1.807) is 31.4 Å². The van der Waals surface area contributed by atoms with Crippen molar-refractivity contribution in [3.05, 3.63) is 54.1 Å². The van der Waals surface area contributed by atoms with Crippen LogP contribution in [0.2, 0.25) is 0 Å². The molecule has 0 saturated carbocycles. The molecular formula is C18H21N3O3. The number of carbonyl (C=O) groups excluding carboxylic acids is 2. The van der Waals surface area contributed by atoms with Gasteiger partial charge in [0.25, 0.3) is 0 Å². The highest BCUT2D eigenvalue weighted by molar-refractivity contribution is 5.93. The van der Waals surface area contributed by atoms with Crippen LogP contribution in [0.15, 0.2) is 48.5 Å². The van der Waals surface area contributed by atoms with Crippen LogP contribution in [0.25, 0.3) is 0 Å². The van der Waals surface area contributed by atoms with E-state index in [0.717, 1.165) is 11.3 Å². The minimum absolute atomic E-state index is 0.129. The molecule has 2 amide bonds. The first-order valence-corrected chi connectivity index (χ1v) is 7.58. The Bertz CT molecular complexity index is 682. The largest absolute Gasteiger partial charge is 0.497 e. The van der Waals surface area contributed by atoms with Crippen molar-refractivity contribution in [3.8, 4) is 5.75 Å². The number of methoxy groups -OCH3 is 1. The second-order valence-electron chi connectivity index (χ2n) is 5.26. The Morgan fingerprint density at radius 2 is 1.50 bits per heavy atom. The zero-order chi connectivity index (χ0) is 17.4. The van der Waals surface area contributed by atoms with Gasteiger partial charge in [-0.2, -0.15) is 0 Å². The Hall–Kier alpha value is -2.86. The molecule has 0 aliphatic heterocycles. The summed E-state index contributed by atoms with van der Waals surface area (Å²) in [4.78, 5) is 22.9. The molecule has 6 heteroatoms. The molecule has 0 unspecified atom stereocenters. The lowest BCUT2D eigenvalue weighted by Crippen LogP contribution is -2.27. The summed E-state index contributed by atoms with van der Waals surface area (Å²) in [6.07, 6.45) is 0. The number of hydrogen-bond donors (Lipinski definition) is 3. The quantitative estimate of drug-likeness (QED) is 0.729. The van der Waals surface area contributed by atoms with Gasteiger partial charge in [-0.05, 0) is 42.0 Å². The van der Waals surface area contributed by atoms with Crippen LogP contribution in [0.3, 0.4) is 0 Å². The van der Waals surface area contributed by atoms with Gasteiger partial charge >= 0.3 is 0 Å². The molecule has 3 N–H and O–H groups in total. The second kappa shape index (κ2) is 8.69. The lowest BCUT2D eigenvalue weighted by atomic mass is 10.2. The van der Waals surface area contributed by atoms with E-state index < -0.39 is 0 Å². The Kier molecular flexibility index (Phi) is 6.33. The molecule has 2 rings (SSSR count). The molecule has 24 heavy (non-hydrogen) atoms. The lowest BCUT2D eigenvalue weighted by molar-refractivity contribution is -0.115. The molecule has 2 aromatic carbocycles. The average Bonchev–Trinajstić information content (AvgIpc) is 2.57. The third-order valence-corrected chi connectivity index (χ3v) is 3.26. The number of rotatable bonds is 7. The molecule has 6 nitrogen and oxygen atoms in total. The van der Waals surface area contributed by atoms with E-state index in [1.165, 1.54) is 6.92 Å². The Morgan fingerprint density at radius 3 is 2.04 bits per heavy atom. The summed E-state index contributed by atoms with van der Waals surface area (Å²) >= 11 is 0. The molecule has 126 valence electrons. The molecule has 0 fully saturated rings. The molecule has 0 radical (unpaired) electrons. The number of carbonyl (C=O) groups is 2. The van der Waals surface area contributed by atoms with Gasteiger partial charge in [0.2, 0.25) is 11.8 Å². The van der Waals surface area contributed by atoms with E-state index in [2.05, 4.69) is 16.0 Å². The van der Waals surface area contributed by atoms with E-state index in [4.69, 9.17) is 4.74 Å². The summed E-state index contributed by atoms with van der Waals surface area (Å²) in [5.74, 6) is 0.546. The van der Waals surface area contributed by atoms with Crippen LogP contribution < -0.4 is 20.7 Å². The Labute approximate surface area is 141 Å². The van der Waals surface area contributed by atoms with Gasteiger partial charge in [0.15, 0.2) is 0 Å². The second-order valence-corrected chi connectivity index (χ2v) is 5.26. The first kappa shape index (κ1) is 17.5. The van der Waals surface area contributed by atoms with Crippen LogP contribution in [0.1, 0.15) is 12.5 Å². The summed E-state index contributed by atoms with van der Waals surface area (Å²) in [5, 5.41) is 8.55. The smallest absolute Gasteiger partial charge is 0.238 e. The summed E-state index contributed by atoms with van der Waals surface area (Å²) in [5.41, 5.74) is 2.45. The number of benzene rings is 2. The predicted molar refractivity (Wildman–Crippen MR) is 94.1 cm³/mol. The summed E-state index contributed by atoms with van der Waals surface area (Å²) in [6, 6.07) is 14.6. The van der Waals surface area contributed by atoms with Gasteiger partial charge in [0, 0.05) is 24.8 Å². The van der Waals surface area contributed by atoms with Crippen LogP contribution in [0, 0.1) is 0 Å². The fraction of sp³-hybridized carbons (Fsp3) is 0.222. The first-order valence-electron chi connectivity index (χ1n) is 7.58. The average molecular weight is 327 g/mol. The number of hydrogen-bond acceptors (Lipinski definition) is 4. The van der Waals surface area contributed by atoms with Crippen molar-refractivity contribution in [3.63, 3.8) is 0 Å². The predicted octanol–water partition coefficient (Wildman–Crippen LogP) is 2.38. The fourth-order valence-electron chi connectivity index (χ4n) is 2.11. The van der Waals surface area contributed by atoms with E-state index in [-0.39, 0.29) is 18.4 Å². The van der Waals surface area contributed by atoms with Crippen LogP contribution in [0.4, 0.5) is 11.4 Å². The van der Waals surface area contributed by atoms with Crippen molar-refractivity contribution < 1.29 is 14.3 Å². The minimum atomic E-state index is -0.130. The lowest BCUT2D eigenvalue weighted by Gasteiger charge is -2.08. The fourth-order valence-corrected chi connectivity index (χ4v) is 2.11. The standard InChI is InChI=1S/C18H21N3O3/c1-13(22)20-15-5-7-16(8-6-15)21-18(23)12-19-11-14-3-9-17(24-2)10-4-14/h3-10,19H,11-12H2,1-2H3,(H,20,22)(H,21,23). The molecule has 0 aliphatic carbocycles. The van der Waals surface area contributed by atoms with Gasteiger partial charge in [-0.3, -0.25) is 9.59 Å².